The number of carbonyl (C=O) groups is 2. The van der Waals surface area contributed by atoms with E-state index in [1.165, 1.54) is 0 Å². The lowest BCUT2D eigenvalue weighted by molar-refractivity contribution is -0.130. The summed E-state index contributed by atoms with van der Waals surface area (Å²) in [5.74, 6) is 2.61. The van der Waals surface area contributed by atoms with E-state index in [4.69, 9.17) is 18.9 Å². The number of hydrogen-bond acceptors (Lipinski definition) is 6. The molecule has 0 spiro atoms. The lowest BCUT2D eigenvalue weighted by atomic mass is 9.92. The quantitative estimate of drug-likeness (QED) is 0.173. The van der Waals surface area contributed by atoms with Crippen molar-refractivity contribution in [2.75, 3.05) is 25.3 Å². The van der Waals surface area contributed by atoms with Gasteiger partial charge in [-0.1, -0.05) is 60.7 Å². The van der Waals surface area contributed by atoms with E-state index in [1.54, 1.807) is 30.0 Å². The van der Waals surface area contributed by atoms with Crippen molar-refractivity contribution in [3.63, 3.8) is 0 Å². The van der Waals surface area contributed by atoms with Gasteiger partial charge in [-0.05, 0) is 67.8 Å². The molecule has 1 aliphatic heterocycles. The Labute approximate surface area is 252 Å². The highest BCUT2D eigenvalue weighted by atomic mass is 16.7. The zero-order valence-corrected chi connectivity index (χ0v) is 24.5. The van der Waals surface area contributed by atoms with Gasteiger partial charge in [0.2, 0.25) is 6.79 Å². The van der Waals surface area contributed by atoms with Crippen LogP contribution in [0.1, 0.15) is 31.4 Å². The molecule has 2 amide bonds. The van der Waals surface area contributed by atoms with E-state index in [0.717, 1.165) is 16.9 Å². The first-order chi connectivity index (χ1) is 20.9. The second-order valence-corrected chi connectivity index (χ2v) is 10.6. The smallest absolute Gasteiger partial charge is 0.322 e. The van der Waals surface area contributed by atoms with Crippen molar-refractivity contribution in [3.05, 3.63) is 114 Å². The van der Waals surface area contributed by atoms with E-state index in [-0.39, 0.29) is 18.6 Å². The van der Waals surface area contributed by atoms with Gasteiger partial charge in [-0.3, -0.25) is 4.79 Å². The highest BCUT2D eigenvalue weighted by Crippen LogP contribution is 2.34. The number of nitrogens with one attached hydrogen (secondary N) is 1. The van der Waals surface area contributed by atoms with Gasteiger partial charge in [0.25, 0.3) is 0 Å². The Morgan fingerprint density at radius 2 is 1.53 bits per heavy atom. The molecule has 5 rings (SSSR count). The van der Waals surface area contributed by atoms with Crippen molar-refractivity contribution in [1.29, 1.82) is 0 Å². The fourth-order valence-electron chi connectivity index (χ4n) is 4.75. The summed E-state index contributed by atoms with van der Waals surface area (Å²) in [6, 6.07) is 32.1. The number of nitrogens with zero attached hydrogens (tertiary/aromatic N) is 1. The molecule has 0 saturated carbocycles. The standard InChI is InChI=1S/C35H36N2O6/c1-26(38)35(2,43-31-12-7-4-8-13-31)23-27-14-17-30(18-15-27)40-21-9-20-37(24-28-10-5-3-6-11-28)34(39)36-29-16-19-32-33(22-29)42-25-41-32/h3-8,10-19,22H,9,20-21,23-25H2,1-2H3,(H,36,39)/t35-/m0/s1. The van der Waals surface area contributed by atoms with Gasteiger partial charge in [0.15, 0.2) is 22.9 Å². The summed E-state index contributed by atoms with van der Waals surface area (Å²) in [7, 11) is 0. The number of amides is 2. The zero-order valence-electron chi connectivity index (χ0n) is 24.5. The Bertz CT molecular complexity index is 1510. The number of rotatable bonds is 13. The Balaban J connectivity index is 1.15. The maximum atomic E-state index is 13.3. The predicted molar refractivity (Wildman–Crippen MR) is 165 cm³/mol. The number of carbonyl (C=O) groups excluding carboxylic acids is 2. The van der Waals surface area contributed by atoms with Gasteiger partial charge >= 0.3 is 6.03 Å². The largest absolute Gasteiger partial charge is 0.494 e. The molecule has 8 heteroatoms. The molecule has 0 radical (unpaired) electrons. The molecule has 0 bridgehead atoms. The fraction of sp³-hybridized carbons (Fsp3) is 0.257. The number of anilines is 1. The normalized spacial score (nSPS) is 13.1. The molecule has 4 aromatic rings. The summed E-state index contributed by atoms with van der Waals surface area (Å²) in [5.41, 5.74) is 1.66. The molecule has 0 fully saturated rings. The summed E-state index contributed by atoms with van der Waals surface area (Å²) in [6.45, 7) is 4.94. The molecule has 1 heterocycles. The monoisotopic (exact) mass is 580 g/mol. The van der Waals surface area contributed by atoms with Crippen LogP contribution in [0.4, 0.5) is 10.5 Å². The number of urea groups is 1. The molecular formula is C35H36N2O6. The highest BCUT2D eigenvalue weighted by Gasteiger charge is 2.32. The third kappa shape index (κ3) is 8.07. The highest BCUT2D eigenvalue weighted by molar-refractivity contribution is 5.89. The maximum Gasteiger partial charge on any atom is 0.322 e. The van der Waals surface area contributed by atoms with Crippen molar-refractivity contribution >= 4 is 17.5 Å². The summed E-state index contributed by atoms with van der Waals surface area (Å²) in [4.78, 5) is 27.5. The van der Waals surface area contributed by atoms with Crippen LogP contribution in [0.2, 0.25) is 0 Å². The van der Waals surface area contributed by atoms with Crippen molar-refractivity contribution < 1.29 is 28.5 Å². The number of ether oxygens (including phenoxy) is 4. The van der Waals surface area contributed by atoms with Crippen molar-refractivity contribution in [2.24, 2.45) is 0 Å². The molecule has 0 aliphatic carbocycles. The molecule has 1 aliphatic rings. The second-order valence-electron chi connectivity index (χ2n) is 10.6. The van der Waals surface area contributed by atoms with Crippen LogP contribution in [-0.2, 0) is 17.8 Å². The van der Waals surface area contributed by atoms with Crippen LogP contribution in [0.25, 0.3) is 0 Å². The first kappa shape index (κ1) is 29.5. The number of benzene rings is 4. The van der Waals surface area contributed by atoms with Gasteiger partial charge in [-0.25, -0.2) is 4.79 Å². The van der Waals surface area contributed by atoms with Crippen molar-refractivity contribution in [1.82, 2.24) is 4.90 Å². The maximum absolute atomic E-state index is 13.3. The minimum absolute atomic E-state index is 0.0423. The molecule has 8 nitrogen and oxygen atoms in total. The fourth-order valence-corrected chi connectivity index (χ4v) is 4.75. The first-order valence-corrected chi connectivity index (χ1v) is 14.3. The Morgan fingerprint density at radius 3 is 2.26 bits per heavy atom. The van der Waals surface area contributed by atoms with Crippen LogP contribution >= 0.6 is 0 Å². The van der Waals surface area contributed by atoms with Gasteiger partial charge in [-0.15, -0.1) is 0 Å². The summed E-state index contributed by atoms with van der Waals surface area (Å²) >= 11 is 0. The minimum Gasteiger partial charge on any atom is -0.494 e. The lowest BCUT2D eigenvalue weighted by Crippen LogP contribution is -2.42. The molecule has 1 N–H and O–H groups in total. The van der Waals surface area contributed by atoms with Gasteiger partial charge in [0.1, 0.15) is 11.5 Å². The summed E-state index contributed by atoms with van der Waals surface area (Å²) in [6.07, 6.45) is 1.07. The van der Waals surface area contributed by atoms with E-state index in [9.17, 15) is 9.59 Å². The van der Waals surface area contributed by atoms with E-state index in [1.807, 2.05) is 91.9 Å². The van der Waals surface area contributed by atoms with Crippen molar-refractivity contribution in [2.45, 2.75) is 38.8 Å². The first-order valence-electron chi connectivity index (χ1n) is 14.3. The number of fused-ring (bicyclic) bond motifs is 1. The predicted octanol–water partition coefficient (Wildman–Crippen LogP) is 6.89. The Morgan fingerprint density at radius 1 is 0.837 bits per heavy atom. The Hall–Kier alpha value is -4.98. The number of hydrogen-bond donors (Lipinski definition) is 1. The van der Waals surface area contributed by atoms with Crippen LogP contribution in [0.5, 0.6) is 23.0 Å². The van der Waals surface area contributed by atoms with E-state index in [0.29, 0.717) is 55.5 Å². The summed E-state index contributed by atoms with van der Waals surface area (Å²) < 4.78 is 22.9. The number of Topliss-reactive ketones (excluding diaryl/α,β-unsaturated/α-hetero) is 1. The van der Waals surface area contributed by atoms with Gasteiger partial charge in [0, 0.05) is 31.3 Å². The van der Waals surface area contributed by atoms with Gasteiger partial charge in [0.05, 0.1) is 6.61 Å². The average molecular weight is 581 g/mol. The van der Waals surface area contributed by atoms with Crippen LogP contribution in [0.15, 0.2) is 103 Å². The molecule has 43 heavy (non-hydrogen) atoms. The lowest BCUT2D eigenvalue weighted by Gasteiger charge is -2.28. The van der Waals surface area contributed by atoms with E-state index >= 15 is 0 Å². The molecule has 0 aromatic heterocycles. The molecule has 0 saturated heterocycles. The van der Waals surface area contributed by atoms with E-state index in [2.05, 4.69) is 5.32 Å². The minimum atomic E-state index is -0.979. The Kier molecular flexibility index (Phi) is 9.46. The third-order valence-electron chi connectivity index (χ3n) is 7.26. The molecule has 4 aromatic carbocycles. The summed E-state index contributed by atoms with van der Waals surface area (Å²) in [5, 5.41) is 2.97. The second kappa shape index (κ2) is 13.8. The SMILES string of the molecule is CC(=O)[C@](C)(Cc1ccc(OCCCN(Cc2ccccc2)C(=O)Nc2ccc3c(c2)OCO3)cc1)Oc1ccccc1. The zero-order chi connectivity index (χ0) is 30.1. The number of ketones is 1. The topological polar surface area (TPSA) is 86.3 Å². The van der Waals surface area contributed by atoms with Crippen LogP contribution in [0.3, 0.4) is 0 Å². The van der Waals surface area contributed by atoms with E-state index < -0.39 is 5.60 Å². The molecular weight excluding hydrogens is 544 g/mol. The van der Waals surface area contributed by atoms with Gasteiger partial charge in [-0.2, -0.15) is 0 Å². The number of para-hydroxylation sites is 1. The molecule has 0 unspecified atom stereocenters. The third-order valence-corrected chi connectivity index (χ3v) is 7.26. The molecule has 1 atom stereocenters. The average Bonchev–Trinajstić information content (AvgIpc) is 3.48. The van der Waals surface area contributed by atoms with Crippen molar-refractivity contribution in [3.8, 4) is 23.0 Å². The van der Waals surface area contributed by atoms with Crippen LogP contribution in [-0.4, -0.2) is 42.3 Å². The van der Waals surface area contributed by atoms with Crippen LogP contribution < -0.4 is 24.3 Å². The molecule has 222 valence electrons. The van der Waals surface area contributed by atoms with Crippen LogP contribution in [0, 0.1) is 0 Å². The van der Waals surface area contributed by atoms with Gasteiger partial charge < -0.3 is 29.2 Å².